The fourth-order valence-electron chi connectivity index (χ4n) is 0.372. The minimum absolute atomic E-state index is 0.315. The zero-order valence-corrected chi connectivity index (χ0v) is 4.76. The smallest absolute Gasteiger partial charge is 0.358 e. The molecule has 0 atom stereocenters. The van der Waals surface area contributed by atoms with Gasteiger partial charge in [-0.2, -0.15) is 0 Å². The highest BCUT2D eigenvalue weighted by atomic mass is 16.6. The van der Waals surface area contributed by atoms with E-state index in [0.29, 0.717) is 0 Å². The van der Waals surface area contributed by atoms with E-state index < -0.39 is 4.92 Å². The third kappa shape index (κ3) is 1.34. The predicted octanol–water partition coefficient (Wildman–Crippen LogP) is 0.0607. The van der Waals surface area contributed by atoms with Gasteiger partial charge in [-0.3, -0.25) is 0 Å². The van der Waals surface area contributed by atoms with Gasteiger partial charge in [-0.1, -0.05) is 5.53 Å². The van der Waals surface area contributed by atoms with Gasteiger partial charge < -0.3 is 10.1 Å². The molecule has 10 heavy (non-hydrogen) atoms. The Morgan fingerprint density at radius 2 is 2.50 bits per heavy atom. The first kappa shape index (κ1) is 6.33. The Kier molecular flexibility index (Phi) is 1.69. The van der Waals surface area contributed by atoms with Crippen molar-refractivity contribution < 1.29 is 4.92 Å². The molecule has 0 aromatic heterocycles. The van der Waals surface area contributed by atoms with E-state index in [9.17, 15) is 10.1 Å². The van der Waals surface area contributed by atoms with E-state index in [-0.39, 0.29) is 5.84 Å². The number of rotatable bonds is 0. The van der Waals surface area contributed by atoms with Crippen LogP contribution in [0.4, 0.5) is 0 Å². The molecule has 52 valence electrons. The van der Waals surface area contributed by atoms with Crippen LogP contribution in [-0.2, 0) is 0 Å². The van der Waals surface area contributed by atoms with Crippen molar-refractivity contribution in [2.24, 2.45) is 15.4 Å². The molecule has 0 saturated heterocycles. The predicted molar refractivity (Wildman–Crippen MR) is 31.6 cm³/mol. The van der Waals surface area contributed by atoms with Crippen LogP contribution in [0.3, 0.4) is 0 Å². The fraction of sp³-hybridized carbons (Fsp3) is 0. The average Bonchev–Trinajstić information content (AvgIpc) is 2.12. The maximum Gasteiger partial charge on any atom is 0.391 e. The molecule has 0 aromatic rings. The van der Waals surface area contributed by atoms with E-state index in [0.717, 1.165) is 6.08 Å². The second kappa shape index (κ2) is 2.67. The van der Waals surface area contributed by atoms with Crippen LogP contribution in [0.2, 0.25) is 0 Å². The molecule has 1 heterocycles. The van der Waals surface area contributed by atoms with Crippen molar-refractivity contribution in [1.82, 2.24) is 5.53 Å². The molecule has 0 aliphatic carbocycles. The van der Waals surface area contributed by atoms with Crippen molar-refractivity contribution in [3.8, 4) is 0 Å². The van der Waals surface area contributed by atoms with Gasteiger partial charge in [0.2, 0.25) is 0 Å². The van der Waals surface area contributed by atoms with Gasteiger partial charge in [0.15, 0.2) is 0 Å². The summed E-state index contributed by atoms with van der Waals surface area (Å²) < 4.78 is 0. The Labute approximate surface area is 55.3 Å². The summed E-state index contributed by atoms with van der Waals surface area (Å²) in [7, 11) is 0. The third-order valence-electron chi connectivity index (χ3n) is 0.744. The molecular weight excluding hydrogens is 138 g/mol. The van der Waals surface area contributed by atoms with Gasteiger partial charge in [-0.05, 0) is 10.1 Å². The van der Waals surface area contributed by atoms with E-state index >= 15 is 0 Å². The van der Waals surface area contributed by atoms with E-state index in [2.05, 4.69) is 15.4 Å². The Morgan fingerprint density at radius 3 is 3.20 bits per heavy atom. The minimum atomic E-state index is -0.639. The van der Waals surface area contributed by atoms with Gasteiger partial charge in [0.05, 0.1) is 17.4 Å². The van der Waals surface area contributed by atoms with Gasteiger partial charge in [0.25, 0.3) is 0 Å². The van der Waals surface area contributed by atoms with Crippen molar-refractivity contribution in [2.45, 2.75) is 0 Å². The van der Waals surface area contributed by atoms with Gasteiger partial charge in [-0.25, -0.2) is 0 Å². The van der Waals surface area contributed by atoms with Crippen LogP contribution in [0.5, 0.6) is 0 Å². The zero-order chi connectivity index (χ0) is 7.40. The lowest BCUT2D eigenvalue weighted by Crippen LogP contribution is -2.11. The highest BCUT2D eigenvalue weighted by Gasteiger charge is 2.07. The number of nitrogens with one attached hydrogen (secondary N) is 1. The lowest BCUT2D eigenvalue weighted by atomic mass is 10.6. The summed E-state index contributed by atoms with van der Waals surface area (Å²) in [5, 5.41) is 19.8. The number of hydrogen-bond donors (Lipinski definition) is 1. The molecule has 0 saturated carbocycles. The van der Waals surface area contributed by atoms with Crippen LogP contribution in [0.25, 0.3) is 0 Å². The third-order valence-corrected chi connectivity index (χ3v) is 0.744. The van der Waals surface area contributed by atoms with Crippen LogP contribution in [0.15, 0.2) is 27.7 Å². The maximum atomic E-state index is 10.0. The molecule has 0 unspecified atom stereocenters. The van der Waals surface area contributed by atoms with E-state index in [1.165, 1.54) is 6.20 Å². The van der Waals surface area contributed by atoms with Crippen molar-refractivity contribution in [3.63, 3.8) is 0 Å². The Balaban J connectivity index is 2.78. The molecule has 0 fully saturated rings. The lowest BCUT2D eigenvalue weighted by Gasteiger charge is -1.86. The molecule has 1 rings (SSSR count). The van der Waals surface area contributed by atoms with E-state index in [4.69, 9.17) is 0 Å². The summed E-state index contributed by atoms with van der Waals surface area (Å²) in [5.74, 6) is -0.315. The molecule has 1 N–H and O–H groups in total. The molecule has 1 aliphatic heterocycles. The monoisotopic (exact) mass is 141 g/mol. The summed E-state index contributed by atoms with van der Waals surface area (Å²) in [6, 6.07) is 0. The van der Waals surface area contributed by atoms with Crippen LogP contribution in [-0.4, -0.2) is 10.8 Å². The summed E-state index contributed by atoms with van der Waals surface area (Å²) in [5.41, 5.74) is 2.02. The molecular formula is C3H3N5O2. The normalized spacial score (nSPS) is 15.4. The molecule has 0 amide bonds. The molecule has 0 radical (unpaired) electrons. The van der Waals surface area contributed by atoms with Crippen molar-refractivity contribution in [3.05, 3.63) is 22.4 Å². The number of amidine groups is 1. The molecule has 1 aliphatic rings. The number of nitro groups is 1. The Morgan fingerprint density at radius 1 is 1.70 bits per heavy atom. The van der Waals surface area contributed by atoms with Gasteiger partial charge in [-0.15, -0.1) is 5.11 Å². The SMILES string of the molecule is O=[N+]([O-])C1=NNN=NC=C1. The van der Waals surface area contributed by atoms with Crippen LogP contribution in [0, 0.1) is 10.1 Å². The van der Waals surface area contributed by atoms with E-state index in [1.54, 1.807) is 0 Å². The molecule has 0 bridgehead atoms. The van der Waals surface area contributed by atoms with E-state index in [1.807, 2.05) is 5.53 Å². The Hall–Kier alpha value is -1.79. The van der Waals surface area contributed by atoms with Crippen molar-refractivity contribution in [2.75, 3.05) is 0 Å². The Bertz CT molecular complexity index is 229. The first-order valence-corrected chi connectivity index (χ1v) is 2.34. The second-order valence-corrected chi connectivity index (χ2v) is 1.36. The molecule has 7 nitrogen and oxygen atoms in total. The summed E-state index contributed by atoms with van der Waals surface area (Å²) >= 11 is 0. The maximum absolute atomic E-state index is 10.0. The highest BCUT2D eigenvalue weighted by molar-refractivity contribution is 5.85. The topological polar surface area (TPSA) is 92.2 Å². The van der Waals surface area contributed by atoms with Gasteiger partial charge in [0, 0.05) is 0 Å². The van der Waals surface area contributed by atoms with Crippen LogP contribution >= 0.6 is 0 Å². The highest BCUT2D eigenvalue weighted by Crippen LogP contribution is 1.88. The first-order chi connectivity index (χ1) is 4.80. The summed E-state index contributed by atoms with van der Waals surface area (Å²) in [6.07, 6.45) is 2.32. The van der Waals surface area contributed by atoms with Gasteiger partial charge in [0.1, 0.15) is 0 Å². The standard InChI is InChI=1S/C3H3N5O2/c9-8(10)3-1-2-4-6-7-5-3/h1-2H,(H,4,7). The quantitative estimate of drug-likeness (QED) is 0.381. The summed E-state index contributed by atoms with van der Waals surface area (Å²) in [4.78, 5) is 9.37. The number of nitrogens with zero attached hydrogens (tertiary/aromatic N) is 4. The first-order valence-electron chi connectivity index (χ1n) is 2.34. The number of hydrogen-bond acceptors (Lipinski definition) is 6. The van der Waals surface area contributed by atoms with Crippen molar-refractivity contribution >= 4 is 5.84 Å². The lowest BCUT2D eigenvalue weighted by molar-refractivity contribution is -0.348. The molecule has 7 heteroatoms. The van der Waals surface area contributed by atoms with Crippen molar-refractivity contribution in [1.29, 1.82) is 0 Å². The number of hydrazone groups is 1. The average molecular weight is 141 g/mol. The molecule has 0 aromatic carbocycles. The van der Waals surface area contributed by atoms with Crippen LogP contribution < -0.4 is 5.53 Å². The second-order valence-electron chi connectivity index (χ2n) is 1.36. The largest absolute Gasteiger partial charge is 0.391 e. The zero-order valence-electron chi connectivity index (χ0n) is 4.76. The minimum Gasteiger partial charge on any atom is -0.358 e. The fourth-order valence-corrected chi connectivity index (χ4v) is 0.372. The van der Waals surface area contributed by atoms with Gasteiger partial charge >= 0.3 is 5.84 Å². The summed E-state index contributed by atoms with van der Waals surface area (Å²) in [6.45, 7) is 0. The van der Waals surface area contributed by atoms with Crippen LogP contribution in [0.1, 0.15) is 0 Å². The molecule has 0 spiro atoms.